The number of nitrogens with two attached hydrogens (primary N) is 1. The molecule has 110 valence electrons. The van der Waals surface area contributed by atoms with E-state index in [0.29, 0.717) is 12.4 Å². The SMILES string of the molecule is CC(C)NC(=O)CN1CCN(c2ccc(N)nc2)CC1. The van der Waals surface area contributed by atoms with E-state index in [1.807, 2.05) is 26.0 Å². The van der Waals surface area contributed by atoms with Crippen LogP contribution in [0.2, 0.25) is 0 Å². The topological polar surface area (TPSA) is 74.5 Å². The van der Waals surface area contributed by atoms with Crippen molar-refractivity contribution in [2.75, 3.05) is 43.4 Å². The van der Waals surface area contributed by atoms with Crippen LogP contribution in [0.5, 0.6) is 0 Å². The average Bonchev–Trinajstić information content (AvgIpc) is 2.39. The van der Waals surface area contributed by atoms with Crippen molar-refractivity contribution in [3.8, 4) is 0 Å². The van der Waals surface area contributed by atoms with Gasteiger partial charge in [-0.15, -0.1) is 0 Å². The first-order valence-corrected chi connectivity index (χ1v) is 7.03. The maximum Gasteiger partial charge on any atom is 0.234 e. The quantitative estimate of drug-likeness (QED) is 0.828. The van der Waals surface area contributed by atoms with E-state index in [1.54, 1.807) is 6.20 Å². The van der Waals surface area contributed by atoms with E-state index in [1.165, 1.54) is 0 Å². The van der Waals surface area contributed by atoms with Gasteiger partial charge in [0.1, 0.15) is 5.82 Å². The lowest BCUT2D eigenvalue weighted by atomic mass is 10.2. The second-order valence-corrected chi connectivity index (χ2v) is 5.43. The molecule has 0 saturated carbocycles. The van der Waals surface area contributed by atoms with Gasteiger partial charge in [-0.3, -0.25) is 9.69 Å². The van der Waals surface area contributed by atoms with Crippen molar-refractivity contribution in [1.82, 2.24) is 15.2 Å². The molecule has 1 fully saturated rings. The van der Waals surface area contributed by atoms with E-state index >= 15 is 0 Å². The van der Waals surface area contributed by atoms with Crippen molar-refractivity contribution in [3.05, 3.63) is 18.3 Å². The summed E-state index contributed by atoms with van der Waals surface area (Å²) in [6.45, 7) is 8.01. The summed E-state index contributed by atoms with van der Waals surface area (Å²) in [5.41, 5.74) is 6.68. The number of hydrogen-bond donors (Lipinski definition) is 2. The van der Waals surface area contributed by atoms with Crippen molar-refractivity contribution < 1.29 is 4.79 Å². The third-order valence-corrected chi connectivity index (χ3v) is 3.33. The summed E-state index contributed by atoms with van der Waals surface area (Å²) < 4.78 is 0. The Hall–Kier alpha value is -1.82. The number of piperazine rings is 1. The standard InChI is InChI=1S/C14H23N5O/c1-11(2)17-14(20)10-18-5-7-19(8-6-18)12-3-4-13(15)16-9-12/h3-4,9,11H,5-8,10H2,1-2H3,(H2,15,16)(H,17,20). The minimum Gasteiger partial charge on any atom is -0.384 e. The zero-order chi connectivity index (χ0) is 14.5. The molecule has 6 nitrogen and oxygen atoms in total. The van der Waals surface area contributed by atoms with Crippen molar-refractivity contribution in [3.63, 3.8) is 0 Å². The minimum atomic E-state index is 0.0996. The van der Waals surface area contributed by atoms with Crippen LogP contribution in [0.25, 0.3) is 0 Å². The van der Waals surface area contributed by atoms with Gasteiger partial charge < -0.3 is 16.0 Å². The van der Waals surface area contributed by atoms with Gasteiger partial charge in [0.25, 0.3) is 0 Å². The highest BCUT2D eigenvalue weighted by Crippen LogP contribution is 2.15. The molecule has 0 bridgehead atoms. The Kier molecular flexibility index (Phi) is 4.79. The highest BCUT2D eigenvalue weighted by molar-refractivity contribution is 5.78. The van der Waals surface area contributed by atoms with E-state index < -0.39 is 0 Å². The molecule has 0 radical (unpaired) electrons. The van der Waals surface area contributed by atoms with Crippen LogP contribution in [0.3, 0.4) is 0 Å². The molecule has 20 heavy (non-hydrogen) atoms. The Morgan fingerprint density at radius 3 is 2.60 bits per heavy atom. The van der Waals surface area contributed by atoms with E-state index in [2.05, 4.69) is 20.1 Å². The number of hydrogen-bond acceptors (Lipinski definition) is 5. The zero-order valence-corrected chi connectivity index (χ0v) is 12.2. The van der Waals surface area contributed by atoms with E-state index in [-0.39, 0.29) is 11.9 Å². The predicted molar refractivity (Wildman–Crippen MR) is 80.6 cm³/mol. The van der Waals surface area contributed by atoms with Gasteiger partial charge >= 0.3 is 0 Å². The van der Waals surface area contributed by atoms with Crippen LogP contribution < -0.4 is 16.0 Å². The maximum atomic E-state index is 11.7. The lowest BCUT2D eigenvalue weighted by Gasteiger charge is -2.35. The second-order valence-electron chi connectivity index (χ2n) is 5.43. The largest absolute Gasteiger partial charge is 0.384 e. The fraction of sp³-hybridized carbons (Fsp3) is 0.571. The van der Waals surface area contributed by atoms with Gasteiger partial charge in [-0.2, -0.15) is 0 Å². The van der Waals surface area contributed by atoms with Crippen molar-refractivity contribution in [2.45, 2.75) is 19.9 Å². The van der Waals surface area contributed by atoms with Crippen LogP contribution in [0.15, 0.2) is 18.3 Å². The van der Waals surface area contributed by atoms with Gasteiger partial charge in [-0.25, -0.2) is 4.98 Å². The summed E-state index contributed by atoms with van der Waals surface area (Å²) in [4.78, 5) is 20.3. The van der Waals surface area contributed by atoms with Crippen LogP contribution in [-0.4, -0.2) is 54.6 Å². The molecule has 0 atom stereocenters. The molecule has 0 aromatic carbocycles. The fourth-order valence-corrected chi connectivity index (χ4v) is 2.32. The van der Waals surface area contributed by atoms with Crippen LogP contribution in [-0.2, 0) is 4.79 Å². The highest BCUT2D eigenvalue weighted by Gasteiger charge is 2.19. The molecule has 2 heterocycles. The molecule has 1 amide bonds. The summed E-state index contributed by atoms with van der Waals surface area (Å²) in [6.07, 6.45) is 1.80. The van der Waals surface area contributed by atoms with Gasteiger partial charge in [0.05, 0.1) is 18.4 Å². The van der Waals surface area contributed by atoms with Gasteiger partial charge in [-0.05, 0) is 26.0 Å². The van der Waals surface area contributed by atoms with Crippen LogP contribution in [0.4, 0.5) is 11.5 Å². The van der Waals surface area contributed by atoms with Crippen molar-refractivity contribution in [2.24, 2.45) is 0 Å². The van der Waals surface area contributed by atoms with E-state index in [4.69, 9.17) is 5.73 Å². The van der Waals surface area contributed by atoms with Gasteiger partial charge in [-0.1, -0.05) is 0 Å². The van der Waals surface area contributed by atoms with Gasteiger partial charge in [0.2, 0.25) is 5.91 Å². The van der Waals surface area contributed by atoms with Gasteiger partial charge in [0.15, 0.2) is 0 Å². The Labute approximate surface area is 120 Å². The third kappa shape index (κ3) is 4.09. The molecule has 1 saturated heterocycles. The number of nitrogens with one attached hydrogen (secondary N) is 1. The number of anilines is 2. The first kappa shape index (κ1) is 14.6. The van der Waals surface area contributed by atoms with Gasteiger partial charge in [0, 0.05) is 32.2 Å². The zero-order valence-electron chi connectivity index (χ0n) is 12.2. The molecule has 0 unspecified atom stereocenters. The number of carbonyl (C=O) groups is 1. The normalized spacial score (nSPS) is 16.4. The number of carbonyl (C=O) groups excluding carboxylic acids is 1. The summed E-state index contributed by atoms with van der Waals surface area (Å²) in [6, 6.07) is 4.01. The minimum absolute atomic E-state index is 0.0996. The Morgan fingerprint density at radius 1 is 1.35 bits per heavy atom. The summed E-state index contributed by atoms with van der Waals surface area (Å²) in [7, 11) is 0. The van der Waals surface area contributed by atoms with Crippen molar-refractivity contribution in [1.29, 1.82) is 0 Å². The third-order valence-electron chi connectivity index (χ3n) is 3.33. The predicted octanol–water partition coefficient (Wildman–Crippen LogP) is 0.310. The maximum absolute atomic E-state index is 11.7. The molecular weight excluding hydrogens is 254 g/mol. The van der Waals surface area contributed by atoms with Crippen LogP contribution in [0, 0.1) is 0 Å². The molecule has 1 aromatic heterocycles. The number of aromatic nitrogens is 1. The smallest absolute Gasteiger partial charge is 0.234 e. The molecule has 0 spiro atoms. The summed E-state index contributed by atoms with van der Waals surface area (Å²) in [5.74, 6) is 0.639. The van der Waals surface area contributed by atoms with E-state index in [0.717, 1.165) is 31.9 Å². The monoisotopic (exact) mass is 277 g/mol. The van der Waals surface area contributed by atoms with Crippen LogP contribution >= 0.6 is 0 Å². The molecule has 6 heteroatoms. The Balaban J connectivity index is 1.80. The molecular formula is C14H23N5O. The first-order valence-electron chi connectivity index (χ1n) is 7.03. The van der Waals surface area contributed by atoms with Crippen LogP contribution in [0.1, 0.15) is 13.8 Å². The second kappa shape index (κ2) is 6.56. The number of nitrogen functional groups attached to an aromatic ring is 1. The summed E-state index contributed by atoms with van der Waals surface area (Å²) in [5, 5.41) is 2.92. The molecule has 1 aliphatic heterocycles. The Morgan fingerprint density at radius 2 is 2.05 bits per heavy atom. The molecule has 3 N–H and O–H groups in total. The van der Waals surface area contributed by atoms with E-state index in [9.17, 15) is 4.79 Å². The fourth-order valence-electron chi connectivity index (χ4n) is 2.32. The Bertz CT molecular complexity index is 437. The lowest BCUT2D eigenvalue weighted by molar-refractivity contribution is -0.122. The molecule has 1 aromatic rings. The number of nitrogens with zero attached hydrogens (tertiary/aromatic N) is 3. The molecule has 1 aliphatic rings. The number of rotatable bonds is 4. The number of pyridine rings is 1. The summed E-state index contributed by atoms with van der Waals surface area (Å²) >= 11 is 0. The van der Waals surface area contributed by atoms with Crippen molar-refractivity contribution >= 4 is 17.4 Å². The first-order chi connectivity index (χ1) is 9.54. The lowest BCUT2D eigenvalue weighted by Crippen LogP contribution is -2.50. The number of amides is 1. The molecule has 0 aliphatic carbocycles. The molecule has 2 rings (SSSR count). The average molecular weight is 277 g/mol. The highest BCUT2D eigenvalue weighted by atomic mass is 16.2.